The van der Waals surface area contributed by atoms with Gasteiger partial charge < -0.3 is 10.1 Å². The van der Waals surface area contributed by atoms with E-state index in [-0.39, 0.29) is 17.0 Å². The molecule has 5 nitrogen and oxygen atoms in total. The van der Waals surface area contributed by atoms with E-state index in [0.717, 1.165) is 25.9 Å². The maximum atomic E-state index is 12.1. The third kappa shape index (κ3) is 2.71. The molecule has 0 aromatic carbocycles. The van der Waals surface area contributed by atoms with E-state index in [4.69, 9.17) is 4.74 Å². The van der Waals surface area contributed by atoms with E-state index in [0.29, 0.717) is 13.1 Å². The molecular weight excluding hydrogens is 252 g/mol. The van der Waals surface area contributed by atoms with Crippen molar-refractivity contribution in [3.8, 4) is 0 Å². The zero-order valence-corrected chi connectivity index (χ0v) is 12.3. The Kier molecular flexibility index (Phi) is 4.02. The van der Waals surface area contributed by atoms with Gasteiger partial charge in [0.25, 0.3) is 0 Å². The molecule has 2 fully saturated rings. The fraction of sp³-hybridized carbons (Fsp3) is 1.00. The van der Waals surface area contributed by atoms with Crippen LogP contribution in [0.5, 0.6) is 0 Å². The normalized spacial score (nSPS) is 29.9. The van der Waals surface area contributed by atoms with Crippen LogP contribution in [-0.4, -0.2) is 55.9 Å². The average molecular weight is 276 g/mol. The quantitative estimate of drug-likeness (QED) is 0.801. The minimum Gasteiger partial charge on any atom is -0.369 e. The van der Waals surface area contributed by atoms with Gasteiger partial charge in [0.15, 0.2) is 0 Å². The summed E-state index contributed by atoms with van der Waals surface area (Å²) in [6.45, 7) is 8.42. The van der Waals surface area contributed by atoms with E-state index >= 15 is 0 Å². The van der Waals surface area contributed by atoms with Crippen LogP contribution < -0.4 is 5.32 Å². The second-order valence-corrected chi connectivity index (χ2v) is 8.22. The number of sulfonamides is 1. The molecule has 1 N–H and O–H groups in total. The lowest BCUT2D eigenvalue weighted by molar-refractivity contribution is -0.129. The molecule has 2 heterocycles. The Labute approximate surface area is 110 Å². The Hall–Kier alpha value is -0.170. The third-order valence-electron chi connectivity index (χ3n) is 3.92. The monoisotopic (exact) mass is 276 g/mol. The highest BCUT2D eigenvalue weighted by molar-refractivity contribution is 7.89. The summed E-state index contributed by atoms with van der Waals surface area (Å²) < 4.78 is 31.8. The highest BCUT2D eigenvalue weighted by atomic mass is 32.2. The van der Waals surface area contributed by atoms with E-state index in [1.54, 1.807) is 18.2 Å². The van der Waals surface area contributed by atoms with Crippen molar-refractivity contribution in [3.63, 3.8) is 0 Å². The van der Waals surface area contributed by atoms with Crippen LogP contribution in [0.25, 0.3) is 0 Å². The summed E-state index contributed by atoms with van der Waals surface area (Å²) in [5, 5.41) is 3.04. The van der Waals surface area contributed by atoms with Gasteiger partial charge in [0.05, 0.1) is 17.0 Å². The molecular formula is C12H24N2O3S. The number of rotatable bonds is 2. The van der Waals surface area contributed by atoms with Gasteiger partial charge in [0, 0.05) is 26.2 Å². The molecule has 1 unspecified atom stereocenters. The lowest BCUT2D eigenvalue weighted by Crippen LogP contribution is -2.58. The average Bonchev–Trinajstić information content (AvgIpc) is 2.29. The molecule has 0 aromatic rings. The molecule has 2 rings (SSSR count). The maximum Gasteiger partial charge on any atom is 0.216 e. The van der Waals surface area contributed by atoms with Crippen LogP contribution in [0, 0.1) is 0 Å². The Morgan fingerprint density at radius 3 is 2.44 bits per heavy atom. The van der Waals surface area contributed by atoms with Crippen molar-refractivity contribution >= 4 is 10.0 Å². The topological polar surface area (TPSA) is 58.6 Å². The number of hydrogen-bond acceptors (Lipinski definition) is 4. The number of nitrogens with one attached hydrogen (secondary N) is 1. The summed E-state index contributed by atoms with van der Waals surface area (Å²) in [4.78, 5) is 0. The zero-order chi connectivity index (χ0) is 13.4. The molecule has 0 aromatic heterocycles. The summed E-state index contributed by atoms with van der Waals surface area (Å²) in [6.07, 6.45) is 1.79. The van der Waals surface area contributed by atoms with E-state index in [2.05, 4.69) is 12.2 Å². The second kappa shape index (κ2) is 5.07. The van der Waals surface area contributed by atoms with Crippen molar-refractivity contribution < 1.29 is 13.2 Å². The lowest BCUT2D eigenvalue weighted by Gasteiger charge is -2.45. The van der Waals surface area contributed by atoms with Crippen molar-refractivity contribution in [2.24, 2.45) is 0 Å². The molecule has 6 heteroatoms. The third-order valence-corrected chi connectivity index (χ3v) is 6.20. The molecule has 2 aliphatic heterocycles. The SMILES string of the molecule is CC1CNCC2(CCN(S(=O)(=O)C(C)C)CC2)O1. The Morgan fingerprint density at radius 1 is 1.33 bits per heavy atom. The first-order valence-electron chi connectivity index (χ1n) is 6.73. The van der Waals surface area contributed by atoms with Gasteiger partial charge in [0.1, 0.15) is 0 Å². The molecule has 1 atom stereocenters. The number of piperidine rings is 1. The highest BCUT2D eigenvalue weighted by Crippen LogP contribution is 2.31. The largest absolute Gasteiger partial charge is 0.369 e. The highest BCUT2D eigenvalue weighted by Gasteiger charge is 2.41. The fourth-order valence-electron chi connectivity index (χ4n) is 2.75. The summed E-state index contributed by atoms with van der Waals surface area (Å²) in [6, 6.07) is 0. The summed E-state index contributed by atoms with van der Waals surface area (Å²) in [5.74, 6) is 0. The zero-order valence-electron chi connectivity index (χ0n) is 11.5. The molecule has 2 saturated heterocycles. The van der Waals surface area contributed by atoms with Gasteiger partial charge in [-0.15, -0.1) is 0 Å². The van der Waals surface area contributed by atoms with Crippen molar-refractivity contribution in [2.75, 3.05) is 26.2 Å². The predicted octanol–water partition coefficient (Wildman–Crippen LogP) is 0.568. The van der Waals surface area contributed by atoms with Gasteiger partial charge in [0.2, 0.25) is 10.0 Å². The molecule has 0 saturated carbocycles. The molecule has 1 spiro atoms. The standard InChI is InChI=1S/C12H24N2O3S/c1-10(2)18(15,16)14-6-4-12(5-7-14)9-13-8-11(3)17-12/h10-11,13H,4-9H2,1-3H3. The van der Waals surface area contributed by atoms with Crippen LogP contribution >= 0.6 is 0 Å². The van der Waals surface area contributed by atoms with Crippen molar-refractivity contribution in [2.45, 2.75) is 50.6 Å². The molecule has 0 aliphatic carbocycles. The van der Waals surface area contributed by atoms with Gasteiger partial charge in [-0.25, -0.2) is 12.7 Å². The number of morpholine rings is 1. The summed E-state index contributed by atoms with van der Waals surface area (Å²) in [7, 11) is -3.11. The molecule has 0 radical (unpaired) electrons. The van der Waals surface area contributed by atoms with Gasteiger partial charge >= 0.3 is 0 Å². The molecule has 0 bridgehead atoms. The second-order valence-electron chi connectivity index (χ2n) is 5.74. The lowest BCUT2D eigenvalue weighted by atomic mass is 9.90. The van der Waals surface area contributed by atoms with Crippen LogP contribution in [0.3, 0.4) is 0 Å². The first-order chi connectivity index (χ1) is 8.36. The van der Waals surface area contributed by atoms with E-state index in [9.17, 15) is 8.42 Å². The van der Waals surface area contributed by atoms with Crippen LogP contribution in [0.2, 0.25) is 0 Å². The van der Waals surface area contributed by atoms with Crippen molar-refractivity contribution in [1.82, 2.24) is 9.62 Å². The van der Waals surface area contributed by atoms with Gasteiger partial charge in [-0.1, -0.05) is 0 Å². The fourth-order valence-corrected chi connectivity index (χ4v) is 4.04. The summed E-state index contributed by atoms with van der Waals surface area (Å²) >= 11 is 0. The Morgan fingerprint density at radius 2 is 1.94 bits per heavy atom. The van der Waals surface area contributed by atoms with Crippen LogP contribution in [0.1, 0.15) is 33.6 Å². The maximum absolute atomic E-state index is 12.1. The molecule has 0 amide bonds. The Bertz CT molecular complexity index is 386. The number of ether oxygens (including phenoxy) is 1. The molecule has 2 aliphatic rings. The van der Waals surface area contributed by atoms with Crippen molar-refractivity contribution in [3.05, 3.63) is 0 Å². The van der Waals surface area contributed by atoms with Gasteiger partial charge in [-0.05, 0) is 33.6 Å². The van der Waals surface area contributed by atoms with Crippen LogP contribution in [-0.2, 0) is 14.8 Å². The van der Waals surface area contributed by atoms with E-state index in [1.165, 1.54) is 0 Å². The smallest absolute Gasteiger partial charge is 0.216 e. The summed E-state index contributed by atoms with van der Waals surface area (Å²) in [5.41, 5.74) is -0.152. The minimum absolute atomic E-state index is 0.152. The van der Waals surface area contributed by atoms with E-state index in [1.807, 2.05) is 0 Å². The van der Waals surface area contributed by atoms with Crippen molar-refractivity contribution in [1.29, 1.82) is 0 Å². The Balaban J connectivity index is 2.00. The predicted molar refractivity (Wildman–Crippen MR) is 71.0 cm³/mol. The first kappa shape index (κ1) is 14.2. The van der Waals surface area contributed by atoms with Gasteiger partial charge in [-0.3, -0.25) is 0 Å². The number of hydrogen-bond donors (Lipinski definition) is 1. The first-order valence-corrected chi connectivity index (χ1v) is 8.24. The molecule has 18 heavy (non-hydrogen) atoms. The molecule has 106 valence electrons. The number of nitrogens with zero attached hydrogens (tertiary/aromatic N) is 1. The van der Waals surface area contributed by atoms with Crippen LogP contribution in [0.4, 0.5) is 0 Å². The van der Waals surface area contributed by atoms with Gasteiger partial charge in [-0.2, -0.15) is 0 Å². The van der Waals surface area contributed by atoms with E-state index < -0.39 is 10.0 Å². The minimum atomic E-state index is -3.11. The van der Waals surface area contributed by atoms with Crippen LogP contribution in [0.15, 0.2) is 0 Å².